The van der Waals surface area contributed by atoms with Crippen LogP contribution in [0.3, 0.4) is 0 Å². The Kier molecular flexibility index (Phi) is 3.18. The summed E-state index contributed by atoms with van der Waals surface area (Å²) in [6.45, 7) is 5.90. The maximum absolute atomic E-state index is 13.2. The molecule has 2 fully saturated rings. The third-order valence-electron chi connectivity index (χ3n) is 5.28. The number of para-hydroxylation sites is 1. The number of anilines is 1. The Bertz CT molecular complexity index is 756. The molecule has 5 nitrogen and oxygen atoms in total. The van der Waals surface area contributed by atoms with Gasteiger partial charge in [-0.3, -0.25) is 9.59 Å². The summed E-state index contributed by atoms with van der Waals surface area (Å²) in [5.74, 6) is -2.67. The number of ether oxygens (including phenoxy) is 1. The molecule has 0 unspecified atom stereocenters. The van der Waals surface area contributed by atoms with Gasteiger partial charge in [-0.25, -0.2) is 0 Å². The second-order valence-electron chi connectivity index (χ2n) is 6.86. The molecule has 0 saturated carbocycles. The first kappa shape index (κ1) is 15.1. The van der Waals surface area contributed by atoms with Crippen molar-refractivity contribution in [2.24, 2.45) is 11.8 Å². The Balaban J connectivity index is 1.85. The Morgan fingerprint density at radius 1 is 1.38 bits per heavy atom. The Morgan fingerprint density at radius 3 is 2.71 bits per heavy atom. The van der Waals surface area contributed by atoms with Crippen molar-refractivity contribution in [3.05, 3.63) is 54.6 Å². The van der Waals surface area contributed by atoms with Gasteiger partial charge in [0.2, 0.25) is 5.91 Å². The van der Waals surface area contributed by atoms with Gasteiger partial charge in [0, 0.05) is 5.69 Å². The number of nitrogens with zero attached hydrogens (tertiary/aromatic N) is 1. The first-order valence-corrected chi connectivity index (χ1v) is 8.08. The predicted octanol–water partition coefficient (Wildman–Crippen LogP) is 2.39. The molecule has 3 aliphatic heterocycles. The van der Waals surface area contributed by atoms with Crippen molar-refractivity contribution in [3.8, 4) is 0 Å². The summed E-state index contributed by atoms with van der Waals surface area (Å²) in [4.78, 5) is 26.7. The van der Waals surface area contributed by atoms with Crippen LogP contribution in [0.5, 0.6) is 0 Å². The topological polar surface area (TPSA) is 66.8 Å². The summed E-state index contributed by atoms with van der Waals surface area (Å²) in [5, 5.41) is 9.62. The number of carboxylic acids is 1. The summed E-state index contributed by atoms with van der Waals surface area (Å²) < 4.78 is 6.10. The molecule has 4 rings (SSSR count). The largest absolute Gasteiger partial charge is 0.481 e. The highest BCUT2D eigenvalue weighted by atomic mass is 16.5. The van der Waals surface area contributed by atoms with E-state index in [-0.39, 0.29) is 11.9 Å². The minimum Gasteiger partial charge on any atom is -0.481 e. The molecule has 0 radical (unpaired) electrons. The first-order valence-electron chi connectivity index (χ1n) is 8.08. The lowest BCUT2D eigenvalue weighted by Crippen LogP contribution is -2.45. The van der Waals surface area contributed by atoms with Gasteiger partial charge in [-0.15, -0.1) is 6.58 Å². The Labute approximate surface area is 140 Å². The minimum atomic E-state index is -0.978. The number of hydrogen-bond acceptors (Lipinski definition) is 3. The van der Waals surface area contributed by atoms with Crippen LogP contribution in [0.4, 0.5) is 5.69 Å². The van der Waals surface area contributed by atoms with Crippen molar-refractivity contribution in [1.82, 2.24) is 0 Å². The van der Waals surface area contributed by atoms with E-state index in [2.05, 4.69) is 6.58 Å². The molecule has 124 valence electrons. The van der Waals surface area contributed by atoms with Crippen molar-refractivity contribution in [2.45, 2.75) is 31.1 Å². The van der Waals surface area contributed by atoms with Crippen molar-refractivity contribution in [3.63, 3.8) is 0 Å². The van der Waals surface area contributed by atoms with Gasteiger partial charge < -0.3 is 14.7 Å². The van der Waals surface area contributed by atoms with Crippen molar-refractivity contribution < 1.29 is 19.4 Å². The van der Waals surface area contributed by atoms with Crippen LogP contribution in [0.1, 0.15) is 13.3 Å². The minimum absolute atomic E-state index is 0.174. The molecule has 1 amide bonds. The van der Waals surface area contributed by atoms with E-state index < -0.39 is 29.5 Å². The van der Waals surface area contributed by atoms with E-state index in [9.17, 15) is 14.7 Å². The molecule has 1 aromatic rings. The maximum Gasteiger partial charge on any atom is 0.310 e. The molecule has 3 heterocycles. The van der Waals surface area contributed by atoms with E-state index in [1.807, 2.05) is 43.3 Å². The van der Waals surface area contributed by atoms with Crippen LogP contribution in [0.15, 0.2) is 54.6 Å². The van der Waals surface area contributed by atoms with Gasteiger partial charge in [0.25, 0.3) is 0 Å². The fourth-order valence-electron chi connectivity index (χ4n) is 4.41. The maximum atomic E-state index is 13.2. The lowest BCUT2D eigenvalue weighted by atomic mass is 9.74. The molecule has 1 N–H and O–H groups in total. The predicted molar refractivity (Wildman–Crippen MR) is 88.5 cm³/mol. The van der Waals surface area contributed by atoms with E-state index in [0.29, 0.717) is 6.42 Å². The van der Waals surface area contributed by atoms with E-state index in [0.717, 1.165) is 11.3 Å². The molecule has 2 bridgehead atoms. The normalized spacial score (nSPS) is 36.2. The molecule has 0 aliphatic carbocycles. The molecule has 5 heteroatoms. The molecular weight excluding hydrogens is 306 g/mol. The number of carbonyl (C=O) groups is 2. The molecule has 1 spiro atoms. The summed E-state index contributed by atoms with van der Waals surface area (Å²) in [6, 6.07) is 9.09. The van der Waals surface area contributed by atoms with Gasteiger partial charge >= 0.3 is 5.97 Å². The summed E-state index contributed by atoms with van der Waals surface area (Å²) in [5.41, 5.74) is 0.824. The second-order valence-corrected chi connectivity index (χ2v) is 6.86. The SMILES string of the molecule is C=C(C)C[C@@H]1N(c2ccccc2)C(=O)[C@@H]2[C@@H](C(=O)O)[C@@H]3C=C[C@]21O3. The van der Waals surface area contributed by atoms with E-state index in [4.69, 9.17) is 4.74 Å². The molecular formula is C19H19NO4. The van der Waals surface area contributed by atoms with Crippen LogP contribution in [0, 0.1) is 11.8 Å². The zero-order valence-corrected chi connectivity index (χ0v) is 13.4. The van der Waals surface area contributed by atoms with Gasteiger partial charge in [-0.05, 0) is 25.5 Å². The number of carboxylic acid groups (broad SMARTS) is 1. The summed E-state index contributed by atoms with van der Waals surface area (Å²) in [7, 11) is 0. The van der Waals surface area contributed by atoms with Crippen molar-refractivity contribution in [1.29, 1.82) is 0 Å². The smallest absolute Gasteiger partial charge is 0.310 e. The van der Waals surface area contributed by atoms with Gasteiger partial charge in [-0.1, -0.05) is 35.9 Å². The van der Waals surface area contributed by atoms with Crippen molar-refractivity contribution in [2.75, 3.05) is 4.90 Å². The monoisotopic (exact) mass is 325 g/mol. The van der Waals surface area contributed by atoms with Crippen LogP contribution >= 0.6 is 0 Å². The van der Waals surface area contributed by atoms with Crippen molar-refractivity contribution >= 4 is 17.6 Å². The van der Waals surface area contributed by atoms with E-state index in [1.165, 1.54) is 0 Å². The number of aliphatic carboxylic acids is 1. The summed E-state index contributed by atoms with van der Waals surface area (Å²) in [6.07, 6.45) is 3.74. The Morgan fingerprint density at radius 2 is 2.08 bits per heavy atom. The molecule has 24 heavy (non-hydrogen) atoms. The van der Waals surface area contributed by atoms with Crippen LogP contribution in [0.25, 0.3) is 0 Å². The average molecular weight is 325 g/mol. The standard InChI is InChI=1S/C19H19NO4/c1-11(2)10-14-19-9-8-13(24-19)15(18(22)23)16(19)17(21)20(14)12-6-4-3-5-7-12/h3-9,13-16H,1,10H2,2H3,(H,22,23)/t13-,14-,15-,16-,19+/m0/s1. The number of fused-ring (bicyclic) bond motifs is 1. The average Bonchev–Trinajstić information content (AvgIpc) is 3.17. The van der Waals surface area contributed by atoms with E-state index in [1.54, 1.807) is 11.0 Å². The van der Waals surface area contributed by atoms with Gasteiger partial charge in [0.15, 0.2) is 0 Å². The van der Waals surface area contributed by atoms with Gasteiger partial charge in [-0.2, -0.15) is 0 Å². The fraction of sp³-hybridized carbons (Fsp3) is 0.368. The number of rotatable bonds is 4. The molecule has 2 saturated heterocycles. The highest BCUT2D eigenvalue weighted by molar-refractivity contribution is 6.03. The lowest BCUT2D eigenvalue weighted by molar-refractivity contribution is -0.146. The summed E-state index contributed by atoms with van der Waals surface area (Å²) >= 11 is 0. The molecule has 3 aliphatic rings. The number of benzene rings is 1. The molecule has 5 atom stereocenters. The second kappa shape index (κ2) is 5.05. The third kappa shape index (κ3) is 1.85. The van der Waals surface area contributed by atoms with Gasteiger partial charge in [0.05, 0.1) is 18.1 Å². The Hall–Kier alpha value is -2.40. The van der Waals surface area contributed by atoms with E-state index >= 15 is 0 Å². The zero-order valence-electron chi connectivity index (χ0n) is 13.4. The fourth-order valence-corrected chi connectivity index (χ4v) is 4.41. The molecule has 1 aromatic carbocycles. The zero-order chi connectivity index (χ0) is 17.1. The molecule has 0 aromatic heterocycles. The number of carbonyl (C=O) groups excluding carboxylic acids is 1. The quantitative estimate of drug-likeness (QED) is 0.863. The first-order chi connectivity index (χ1) is 11.5. The third-order valence-corrected chi connectivity index (χ3v) is 5.28. The highest BCUT2D eigenvalue weighted by Crippen LogP contribution is 2.56. The van der Waals surface area contributed by atoms with Crippen LogP contribution in [0.2, 0.25) is 0 Å². The number of amides is 1. The van der Waals surface area contributed by atoms with Crippen LogP contribution in [-0.4, -0.2) is 34.7 Å². The van der Waals surface area contributed by atoms with Crippen LogP contribution < -0.4 is 4.90 Å². The number of hydrogen-bond donors (Lipinski definition) is 1. The van der Waals surface area contributed by atoms with Gasteiger partial charge in [0.1, 0.15) is 11.5 Å². The highest BCUT2D eigenvalue weighted by Gasteiger charge is 2.71. The lowest BCUT2D eigenvalue weighted by Gasteiger charge is -2.33. The van der Waals surface area contributed by atoms with Crippen LogP contribution in [-0.2, 0) is 14.3 Å².